The van der Waals surface area contributed by atoms with Crippen LogP contribution in [-0.4, -0.2) is 85.8 Å². The van der Waals surface area contributed by atoms with Crippen LogP contribution in [0.25, 0.3) is 0 Å². The Kier molecular flexibility index (Phi) is 10.8. The lowest BCUT2D eigenvalue weighted by Crippen LogP contribution is -2.58. The number of hydrogen-bond donors (Lipinski definition) is 9. The number of amides is 5. The summed E-state index contributed by atoms with van der Waals surface area (Å²) in [5.41, 5.74) is 15.9. The van der Waals surface area contributed by atoms with Gasteiger partial charge in [-0.2, -0.15) is 0 Å². The van der Waals surface area contributed by atoms with Gasteiger partial charge in [-0.3, -0.25) is 28.8 Å². The van der Waals surface area contributed by atoms with Gasteiger partial charge in [0.1, 0.15) is 18.1 Å². The maximum Gasteiger partial charge on any atom is 0.326 e. The maximum atomic E-state index is 12.9. The quantitative estimate of drug-likeness (QED) is 0.110. The van der Waals surface area contributed by atoms with Gasteiger partial charge in [-0.05, 0) is 0 Å². The Morgan fingerprint density at radius 1 is 0.829 bits per heavy atom. The van der Waals surface area contributed by atoms with Crippen molar-refractivity contribution in [3.8, 4) is 0 Å². The number of carbonyl (C=O) groups is 7. The first kappa shape index (κ1) is 28.5. The number of carbonyl (C=O) groups excluding carboxylic acids is 5. The molecule has 0 radical (unpaired) electrons. The Morgan fingerprint density at radius 2 is 1.34 bits per heavy atom. The predicted octanol–water partition coefficient (Wildman–Crippen LogP) is -4.96. The van der Waals surface area contributed by atoms with E-state index in [1.165, 1.54) is 12.5 Å². The van der Waals surface area contributed by atoms with E-state index in [1.807, 2.05) is 5.32 Å². The zero-order chi connectivity index (χ0) is 26.7. The maximum absolute atomic E-state index is 12.9. The third kappa shape index (κ3) is 10.3. The molecule has 0 spiro atoms. The van der Waals surface area contributed by atoms with Crippen LogP contribution in [-0.2, 0) is 40.0 Å². The number of imidazole rings is 1. The fraction of sp³-hybridized carbons (Fsp3) is 0.444. The van der Waals surface area contributed by atoms with Crippen molar-refractivity contribution in [3.63, 3.8) is 0 Å². The number of nitrogens with zero attached hydrogens (tertiary/aromatic N) is 1. The topological polar surface area (TPSA) is 303 Å². The van der Waals surface area contributed by atoms with E-state index in [0.29, 0.717) is 5.69 Å². The number of aromatic amines is 1. The molecular weight excluding hydrogens is 472 g/mol. The second kappa shape index (κ2) is 13.2. The summed E-state index contributed by atoms with van der Waals surface area (Å²) in [5, 5.41) is 24.4. The molecule has 35 heavy (non-hydrogen) atoms. The summed E-state index contributed by atoms with van der Waals surface area (Å²) < 4.78 is 0. The molecule has 1 aromatic rings. The summed E-state index contributed by atoms with van der Waals surface area (Å²) in [7, 11) is 0. The van der Waals surface area contributed by atoms with E-state index in [2.05, 4.69) is 20.6 Å². The highest BCUT2D eigenvalue weighted by Gasteiger charge is 2.32. The summed E-state index contributed by atoms with van der Waals surface area (Å²) >= 11 is 0. The van der Waals surface area contributed by atoms with Crippen LogP contribution in [0.5, 0.6) is 0 Å². The standard InChI is InChI=1S/C18H26N8O9/c19-8(2-14(29)30)15(31)24-9(1-7-5-22-6-23-7)16(32)25-10(3-12(20)27)17(33)26-11(18(34)35)4-13(21)28/h5-6,8-11H,1-4,19H2,(H2,20,27)(H2,21,28)(H,22,23)(H,24,31)(H,25,32)(H,26,33)(H,29,30)(H,34,35). The molecule has 17 nitrogen and oxygen atoms in total. The molecule has 4 atom stereocenters. The number of aliphatic carboxylic acids is 2. The second-order valence-corrected chi connectivity index (χ2v) is 7.35. The number of carboxylic acids is 2. The van der Waals surface area contributed by atoms with Crippen LogP contribution in [0.3, 0.4) is 0 Å². The first-order valence-electron chi connectivity index (χ1n) is 9.95. The smallest absolute Gasteiger partial charge is 0.326 e. The minimum atomic E-state index is -1.75. The van der Waals surface area contributed by atoms with Crippen molar-refractivity contribution in [2.45, 2.75) is 49.9 Å². The van der Waals surface area contributed by atoms with Crippen LogP contribution < -0.4 is 33.2 Å². The van der Waals surface area contributed by atoms with E-state index in [9.17, 15) is 33.6 Å². The molecule has 0 saturated carbocycles. The van der Waals surface area contributed by atoms with Crippen molar-refractivity contribution in [2.24, 2.45) is 17.2 Å². The van der Waals surface area contributed by atoms with Gasteiger partial charge in [-0.1, -0.05) is 0 Å². The van der Waals surface area contributed by atoms with Crippen LogP contribution in [0.15, 0.2) is 12.5 Å². The number of aromatic nitrogens is 2. The summed E-state index contributed by atoms with van der Waals surface area (Å²) in [6.07, 6.45) is 0.159. The lowest BCUT2D eigenvalue weighted by Gasteiger charge is -2.24. The first-order valence-corrected chi connectivity index (χ1v) is 9.95. The molecule has 0 bridgehead atoms. The summed E-state index contributed by atoms with van der Waals surface area (Å²) in [6.45, 7) is 0. The highest BCUT2D eigenvalue weighted by molar-refractivity contribution is 5.97. The predicted molar refractivity (Wildman–Crippen MR) is 114 cm³/mol. The molecule has 192 valence electrons. The number of carboxylic acid groups (broad SMARTS) is 2. The highest BCUT2D eigenvalue weighted by Crippen LogP contribution is 2.03. The van der Waals surface area contributed by atoms with E-state index in [4.69, 9.17) is 27.4 Å². The normalized spacial score (nSPS) is 14.0. The third-order valence-corrected chi connectivity index (χ3v) is 4.40. The second-order valence-electron chi connectivity index (χ2n) is 7.35. The fourth-order valence-electron chi connectivity index (χ4n) is 2.74. The molecule has 0 saturated heterocycles. The summed E-state index contributed by atoms with van der Waals surface area (Å²) in [6, 6.07) is -6.36. The average molecular weight is 498 g/mol. The SMILES string of the molecule is NC(=O)CC(NC(=O)C(CC(N)=O)NC(=O)C(Cc1cnc[nH]1)NC(=O)C(N)CC(=O)O)C(=O)O. The zero-order valence-corrected chi connectivity index (χ0v) is 18.2. The number of nitrogens with one attached hydrogen (secondary N) is 4. The Labute approximate surface area is 197 Å². The highest BCUT2D eigenvalue weighted by atomic mass is 16.4. The number of nitrogens with two attached hydrogens (primary N) is 3. The molecule has 12 N–H and O–H groups in total. The van der Waals surface area contributed by atoms with Gasteiger partial charge in [0.25, 0.3) is 0 Å². The molecule has 0 aliphatic rings. The van der Waals surface area contributed by atoms with Crippen molar-refractivity contribution >= 4 is 41.5 Å². The number of rotatable bonds is 15. The Balaban J connectivity index is 3.08. The molecule has 5 amide bonds. The van der Waals surface area contributed by atoms with Gasteiger partial charge in [0, 0.05) is 18.3 Å². The lowest BCUT2D eigenvalue weighted by molar-refractivity contribution is -0.144. The molecule has 1 aromatic heterocycles. The summed E-state index contributed by atoms with van der Waals surface area (Å²) in [4.78, 5) is 88.8. The third-order valence-electron chi connectivity index (χ3n) is 4.40. The fourth-order valence-corrected chi connectivity index (χ4v) is 2.74. The zero-order valence-electron chi connectivity index (χ0n) is 18.2. The van der Waals surface area contributed by atoms with Gasteiger partial charge in [-0.25, -0.2) is 9.78 Å². The molecule has 17 heteroatoms. The van der Waals surface area contributed by atoms with Crippen molar-refractivity contribution in [2.75, 3.05) is 0 Å². The van der Waals surface area contributed by atoms with Crippen molar-refractivity contribution in [1.29, 1.82) is 0 Å². The van der Waals surface area contributed by atoms with E-state index in [0.717, 1.165) is 0 Å². The van der Waals surface area contributed by atoms with Gasteiger partial charge in [-0.15, -0.1) is 0 Å². The summed E-state index contributed by atoms with van der Waals surface area (Å²) in [5.74, 6) is -8.20. The minimum absolute atomic E-state index is 0.207. The van der Waals surface area contributed by atoms with Crippen molar-refractivity contribution < 1.29 is 43.8 Å². The lowest BCUT2D eigenvalue weighted by atomic mass is 10.1. The average Bonchev–Trinajstić information content (AvgIpc) is 3.24. The van der Waals surface area contributed by atoms with Crippen LogP contribution in [0, 0.1) is 0 Å². The van der Waals surface area contributed by atoms with Gasteiger partial charge in [0.15, 0.2) is 0 Å². The first-order chi connectivity index (χ1) is 16.3. The molecule has 1 heterocycles. The molecule has 0 fully saturated rings. The molecule has 1 rings (SSSR count). The largest absolute Gasteiger partial charge is 0.481 e. The number of H-pyrrole nitrogens is 1. The van der Waals surface area contributed by atoms with E-state index in [1.54, 1.807) is 0 Å². The number of hydrogen-bond acceptors (Lipinski definition) is 9. The van der Waals surface area contributed by atoms with Crippen molar-refractivity contribution in [1.82, 2.24) is 25.9 Å². The molecule has 0 aliphatic heterocycles. The van der Waals surface area contributed by atoms with Crippen LogP contribution in [0.2, 0.25) is 0 Å². The number of primary amides is 2. The van der Waals surface area contributed by atoms with Crippen LogP contribution >= 0.6 is 0 Å². The Hall–Kier alpha value is -4.54. The van der Waals surface area contributed by atoms with Crippen LogP contribution in [0.4, 0.5) is 0 Å². The Morgan fingerprint density at radius 3 is 1.83 bits per heavy atom. The van der Waals surface area contributed by atoms with Gasteiger partial charge in [0.05, 0.1) is 31.6 Å². The van der Waals surface area contributed by atoms with Gasteiger partial charge < -0.3 is 48.3 Å². The van der Waals surface area contributed by atoms with Crippen LogP contribution in [0.1, 0.15) is 25.0 Å². The molecule has 0 aliphatic carbocycles. The van der Waals surface area contributed by atoms with Crippen molar-refractivity contribution in [3.05, 3.63) is 18.2 Å². The van der Waals surface area contributed by atoms with E-state index >= 15 is 0 Å². The monoisotopic (exact) mass is 498 g/mol. The Bertz CT molecular complexity index is 965. The van der Waals surface area contributed by atoms with E-state index in [-0.39, 0.29) is 6.42 Å². The molecule has 0 aromatic carbocycles. The van der Waals surface area contributed by atoms with Gasteiger partial charge >= 0.3 is 11.9 Å². The molecule has 4 unspecified atom stereocenters. The molecular formula is C18H26N8O9. The van der Waals surface area contributed by atoms with E-state index < -0.39 is 84.9 Å². The van der Waals surface area contributed by atoms with Gasteiger partial charge in [0.2, 0.25) is 29.5 Å². The minimum Gasteiger partial charge on any atom is -0.481 e.